The molecule has 5 nitrogen and oxygen atoms in total. The number of hydrogen-bond acceptors (Lipinski definition) is 5. The average molecular weight is 195 g/mol. The van der Waals surface area contributed by atoms with Crippen LogP contribution >= 0.6 is 0 Å². The predicted octanol–water partition coefficient (Wildman–Crippen LogP) is 1.28. The van der Waals surface area contributed by atoms with Crippen LogP contribution in [0.4, 0.5) is 4.39 Å². The number of ether oxygens (including phenoxy) is 1. The minimum Gasteiger partial charge on any atom is -0.492 e. The molecule has 0 bridgehead atoms. The highest BCUT2D eigenvalue weighted by Gasteiger charge is 2.08. The fourth-order valence-corrected chi connectivity index (χ4v) is 0.986. The van der Waals surface area contributed by atoms with Crippen molar-refractivity contribution in [1.82, 2.24) is 15.3 Å². The van der Waals surface area contributed by atoms with Crippen LogP contribution < -0.4 is 4.74 Å². The highest BCUT2D eigenvalue weighted by Crippen LogP contribution is 2.20. The van der Waals surface area contributed by atoms with Crippen LogP contribution in [0.3, 0.4) is 0 Å². The van der Waals surface area contributed by atoms with Gasteiger partial charge in [-0.15, -0.1) is 0 Å². The van der Waals surface area contributed by atoms with Crippen molar-refractivity contribution in [2.75, 3.05) is 7.11 Å². The van der Waals surface area contributed by atoms with Crippen LogP contribution in [0.1, 0.15) is 0 Å². The molecular formula is C8H6FN3O2. The Balaban J connectivity index is 2.43. The number of pyridine rings is 1. The predicted molar refractivity (Wildman–Crippen MR) is 44.0 cm³/mol. The van der Waals surface area contributed by atoms with Crippen LogP contribution in [-0.2, 0) is 0 Å². The lowest BCUT2D eigenvalue weighted by Gasteiger charge is -2.00. The topological polar surface area (TPSA) is 61.0 Å². The van der Waals surface area contributed by atoms with Gasteiger partial charge in [0.25, 0.3) is 0 Å². The molecule has 0 saturated heterocycles. The highest BCUT2D eigenvalue weighted by molar-refractivity contribution is 5.52. The molecule has 0 radical (unpaired) electrons. The average Bonchev–Trinajstić information content (AvgIpc) is 2.70. The van der Waals surface area contributed by atoms with Gasteiger partial charge >= 0.3 is 0 Å². The van der Waals surface area contributed by atoms with E-state index < -0.39 is 5.82 Å². The first-order valence-electron chi connectivity index (χ1n) is 3.78. The van der Waals surface area contributed by atoms with E-state index in [1.54, 1.807) is 0 Å². The van der Waals surface area contributed by atoms with E-state index in [0.717, 1.165) is 0 Å². The smallest absolute Gasteiger partial charge is 0.172 e. The molecule has 6 heteroatoms. The van der Waals surface area contributed by atoms with Crippen molar-refractivity contribution in [3.63, 3.8) is 0 Å². The molecule has 0 spiro atoms. The van der Waals surface area contributed by atoms with Gasteiger partial charge in [-0.05, 0) is 5.16 Å². The standard InChI is InChI=1S/C8H6FN3O2/c1-13-8-4-10-6(2-5(8)9)7-3-11-14-12-7/h2-4H,1H3. The quantitative estimate of drug-likeness (QED) is 0.722. The maximum absolute atomic E-state index is 13.2. The Morgan fingerprint density at radius 2 is 2.21 bits per heavy atom. The van der Waals surface area contributed by atoms with E-state index >= 15 is 0 Å². The molecular weight excluding hydrogens is 189 g/mol. The molecule has 2 rings (SSSR count). The summed E-state index contributed by atoms with van der Waals surface area (Å²) in [6.07, 6.45) is 2.63. The van der Waals surface area contributed by atoms with Gasteiger partial charge in [-0.25, -0.2) is 9.02 Å². The summed E-state index contributed by atoms with van der Waals surface area (Å²) in [6.45, 7) is 0. The second-order valence-electron chi connectivity index (χ2n) is 2.50. The number of halogens is 1. The van der Waals surface area contributed by atoms with Crippen molar-refractivity contribution in [3.8, 4) is 17.1 Å². The second-order valence-corrected chi connectivity index (χ2v) is 2.50. The van der Waals surface area contributed by atoms with Gasteiger partial charge in [0.15, 0.2) is 17.3 Å². The summed E-state index contributed by atoms with van der Waals surface area (Å²) in [6, 6.07) is 1.21. The molecule has 72 valence electrons. The third-order valence-electron chi connectivity index (χ3n) is 1.66. The highest BCUT2D eigenvalue weighted by atomic mass is 19.1. The van der Waals surface area contributed by atoms with Gasteiger partial charge in [-0.1, -0.05) is 5.16 Å². The molecule has 0 atom stereocenters. The van der Waals surface area contributed by atoms with Crippen LogP contribution in [-0.4, -0.2) is 22.4 Å². The minimum atomic E-state index is -0.500. The first kappa shape index (κ1) is 8.61. The van der Waals surface area contributed by atoms with Crippen LogP contribution in [0.5, 0.6) is 5.75 Å². The largest absolute Gasteiger partial charge is 0.492 e. The van der Waals surface area contributed by atoms with Gasteiger partial charge in [0.1, 0.15) is 6.20 Å². The van der Waals surface area contributed by atoms with Gasteiger partial charge in [0, 0.05) is 6.07 Å². The lowest BCUT2D eigenvalue weighted by molar-refractivity contribution is 0.308. The fourth-order valence-electron chi connectivity index (χ4n) is 0.986. The van der Waals surface area contributed by atoms with Gasteiger partial charge in [-0.2, -0.15) is 0 Å². The zero-order chi connectivity index (χ0) is 9.97. The Kier molecular flexibility index (Phi) is 2.10. The van der Waals surface area contributed by atoms with E-state index in [1.165, 1.54) is 25.6 Å². The number of hydrogen-bond donors (Lipinski definition) is 0. The van der Waals surface area contributed by atoms with Crippen molar-refractivity contribution in [2.24, 2.45) is 0 Å². The first-order valence-corrected chi connectivity index (χ1v) is 3.78. The zero-order valence-electron chi connectivity index (χ0n) is 7.27. The summed E-state index contributed by atoms with van der Waals surface area (Å²) >= 11 is 0. The van der Waals surface area contributed by atoms with Crippen molar-refractivity contribution in [2.45, 2.75) is 0 Å². The first-order chi connectivity index (χ1) is 6.81. The Bertz CT molecular complexity index is 430. The lowest BCUT2D eigenvalue weighted by Crippen LogP contribution is -1.91. The fraction of sp³-hybridized carbons (Fsp3) is 0.125. The molecule has 2 heterocycles. The van der Waals surface area contributed by atoms with Gasteiger partial charge in [-0.3, -0.25) is 4.98 Å². The lowest BCUT2D eigenvalue weighted by atomic mass is 10.3. The van der Waals surface area contributed by atoms with E-state index in [0.29, 0.717) is 11.4 Å². The van der Waals surface area contributed by atoms with E-state index in [9.17, 15) is 4.39 Å². The van der Waals surface area contributed by atoms with E-state index in [2.05, 4.69) is 19.9 Å². The Morgan fingerprint density at radius 1 is 1.36 bits per heavy atom. The number of rotatable bonds is 2. The van der Waals surface area contributed by atoms with Crippen molar-refractivity contribution < 1.29 is 13.8 Å². The SMILES string of the molecule is COc1cnc(-c2cnon2)cc1F. The molecule has 0 aliphatic rings. The molecule has 0 aliphatic heterocycles. The van der Waals surface area contributed by atoms with E-state index in [-0.39, 0.29) is 5.75 Å². The van der Waals surface area contributed by atoms with Crippen LogP contribution in [0.25, 0.3) is 11.4 Å². The molecule has 0 aliphatic carbocycles. The third kappa shape index (κ3) is 1.41. The number of nitrogens with zero attached hydrogens (tertiary/aromatic N) is 3. The molecule has 14 heavy (non-hydrogen) atoms. The molecule has 0 fully saturated rings. The molecule has 2 aromatic heterocycles. The molecule has 0 amide bonds. The Hall–Kier alpha value is -1.98. The molecule has 0 N–H and O–H groups in total. The van der Waals surface area contributed by atoms with Gasteiger partial charge in [0.05, 0.1) is 19.0 Å². The molecule has 0 unspecified atom stereocenters. The third-order valence-corrected chi connectivity index (χ3v) is 1.66. The summed E-state index contributed by atoms with van der Waals surface area (Å²) in [4.78, 5) is 3.93. The monoisotopic (exact) mass is 195 g/mol. The molecule has 0 aromatic carbocycles. The summed E-state index contributed by atoms with van der Waals surface area (Å²) < 4.78 is 22.3. The number of methoxy groups -OCH3 is 1. The van der Waals surface area contributed by atoms with Crippen molar-refractivity contribution >= 4 is 0 Å². The number of aromatic nitrogens is 3. The Morgan fingerprint density at radius 3 is 2.79 bits per heavy atom. The normalized spacial score (nSPS) is 10.1. The summed E-state index contributed by atoms with van der Waals surface area (Å²) in [5, 5.41) is 6.92. The van der Waals surface area contributed by atoms with Crippen molar-refractivity contribution in [3.05, 3.63) is 24.3 Å². The summed E-state index contributed by atoms with van der Waals surface area (Å²) in [5.41, 5.74) is 0.733. The minimum absolute atomic E-state index is 0.0882. The summed E-state index contributed by atoms with van der Waals surface area (Å²) in [5.74, 6) is -0.411. The van der Waals surface area contributed by atoms with Crippen LogP contribution in [0.15, 0.2) is 23.1 Å². The van der Waals surface area contributed by atoms with E-state index in [1.807, 2.05) is 0 Å². The second kappa shape index (κ2) is 3.41. The molecule has 2 aromatic rings. The maximum Gasteiger partial charge on any atom is 0.172 e. The maximum atomic E-state index is 13.2. The Labute approximate surface area is 78.5 Å². The summed E-state index contributed by atoms with van der Waals surface area (Å²) in [7, 11) is 1.37. The van der Waals surface area contributed by atoms with Crippen LogP contribution in [0.2, 0.25) is 0 Å². The van der Waals surface area contributed by atoms with Crippen molar-refractivity contribution in [1.29, 1.82) is 0 Å². The van der Waals surface area contributed by atoms with Crippen LogP contribution in [0, 0.1) is 5.82 Å². The van der Waals surface area contributed by atoms with Gasteiger partial charge < -0.3 is 4.74 Å². The zero-order valence-corrected chi connectivity index (χ0v) is 7.27. The molecule has 0 saturated carbocycles. The van der Waals surface area contributed by atoms with E-state index in [4.69, 9.17) is 4.74 Å². The van der Waals surface area contributed by atoms with Gasteiger partial charge in [0.2, 0.25) is 0 Å².